The van der Waals surface area contributed by atoms with Gasteiger partial charge in [0.25, 0.3) is 0 Å². The number of nitrogens with zero attached hydrogens (tertiary/aromatic N) is 2. The lowest BCUT2D eigenvalue weighted by atomic mass is 9.98. The smallest absolute Gasteiger partial charge is 0.246 e. The molecule has 0 saturated carbocycles. The van der Waals surface area contributed by atoms with Gasteiger partial charge in [0.1, 0.15) is 0 Å². The van der Waals surface area contributed by atoms with E-state index in [0.717, 1.165) is 26.2 Å². The molecule has 0 bridgehead atoms. The molecule has 0 aromatic heterocycles. The summed E-state index contributed by atoms with van der Waals surface area (Å²) in [6.45, 7) is 5.94. The second kappa shape index (κ2) is 5.80. The first-order valence-corrected chi connectivity index (χ1v) is 6.88. The Hall–Kier alpha value is -0.940. The van der Waals surface area contributed by atoms with Gasteiger partial charge in [-0.3, -0.25) is 19.4 Å². The van der Waals surface area contributed by atoms with Crippen molar-refractivity contribution < 1.29 is 9.59 Å². The Morgan fingerprint density at radius 3 is 2.72 bits per heavy atom. The van der Waals surface area contributed by atoms with Gasteiger partial charge in [-0.1, -0.05) is 6.92 Å². The quantitative estimate of drug-likeness (QED) is 0.720. The van der Waals surface area contributed by atoms with Gasteiger partial charge in [0.2, 0.25) is 11.8 Å². The molecule has 2 aliphatic rings. The van der Waals surface area contributed by atoms with Crippen molar-refractivity contribution in [1.82, 2.24) is 15.1 Å². The topological polar surface area (TPSA) is 52.7 Å². The van der Waals surface area contributed by atoms with Gasteiger partial charge in [0.15, 0.2) is 0 Å². The van der Waals surface area contributed by atoms with Crippen LogP contribution in [0.2, 0.25) is 0 Å². The first-order chi connectivity index (χ1) is 8.63. The molecule has 2 saturated heterocycles. The molecule has 0 aliphatic carbocycles. The third-order valence-electron chi connectivity index (χ3n) is 4.10. The van der Waals surface area contributed by atoms with Crippen LogP contribution >= 0.6 is 0 Å². The summed E-state index contributed by atoms with van der Waals surface area (Å²) < 4.78 is 0. The minimum atomic E-state index is -0.227. The lowest BCUT2D eigenvalue weighted by molar-refractivity contribution is -0.138. The van der Waals surface area contributed by atoms with E-state index in [1.807, 2.05) is 0 Å². The molecule has 102 valence electrons. The molecule has 5 heteroatoms. The number of hydrogen-bond acceptors (Lipinski definition) is 4. The van der Waals surface area contributed by atoms with E-state index in [9.17, 15) is 9.59 Å². The van der Waals surface area contributed by atoms with Crippen molar-refractivity contribution in [3.8, 4) is 0 Å². The minimum Gasteiger partial charge on any atom is -0.316 e. The lowest BCUT2D eigenvalue weighted by Crippen LogP contribution is -2.46. The van der Waals surface area contributed by atoms with Gasteiger partial charge < -0.3 is 5.32 Å². The number of carbonyl (C=O) groups is 2. The van der Waals surface area contributed by atoms with Gasteiger partial charge in [0, 0.05) is 13.6 Å². The third kappa shape index (κ3) is 2.72. The van der Waals surface area contributed by atoms with Crippen molar-refractivity contribution in [2.75, 3.05) is 33.2 Å². The van der Waals surface area contributed by atoms with E-state index in [4.69, 9.17) is 0 Å². The van der Waals surface area contributed by atoms with Crippen molar-refractivity contribution in [2.45, 2.75) is 32.2 Å². The Morgan fingerprint density at radius 2 is 2.22 bits per heavy atom. The van der Waals surface area contributed by atoms with E-state index < -0.39 is 0 Å². The number of hydrogen-bond donors (Lipinski definition) is 1. The molecule has 0 aromatic carbocycles. The SMILES string of the molecule is CCN(CC1CCCNC1)C1CC(=O)N(C)C1=O. The molecule has 5 nitrogen and oxygen atoms in total. The van der Waals surface area contributed by atoms with Crippen LogP contribution in [-0.2, 0) is 9.59 Å². The van der Waals surface area contributed by atoms with Gasteiger partial charge in [-0.2, -0.15) is 0 Å². The van der Waals surface area contributed by atoms with Crippen molar-refractivity contribution in [3.05, 3.63) is 0 Å². The fraction of sp³-hybridized carbons (Fsp3) is 0.846. The summed E-state index contributed by atoms with van der Waals surface area (Å²) in [5, 5.41) is 3.39. The number of likely N-dealkylation sites (N-methyl/N-ethyl adjacent to an activating group) is 2. The zero-order valence-corrected chi connectivity index (χ0v) is 11.3. The maximum absolute atomic E-state index is 12.0. The Labute approximate surface area is 108 Å². The van der Waals surface area contributed by atoms with E-state index in [2.05, 4.69) is 17.1 Å². The standard InChI is InChI=1S/C13H23N3O2/c1-3-16(9-10-5-4-6-14-8-10)11-7-12(17)15(2)13(11)18/h10-11,14H,3-9H2,1-2H3. The van der Waals surface area contributed by atoms with Crippen LogP contribution in [-0.4, -0.2) is 60.9 Å². The Kier molecular flexibility index (Phi) is 4.35. The molecule has 0 spiro atoms. The van der Waals surface area contributed by atoms with E-state index >= 15 is 0 Å². The molecule has 2 amide bonds. The predicted octanol–water partition coefficient (Wildman–Crippen LogP) is 0.0652. The van der Waals surface area contributed by atoms with Crippen LogP contribution in [0.5, 0.6) is 0 Å². The van der Waals surface area contributed by atoms with Crippen LogP contribution in [0.4, 0.5) is 0 Å². The molecule has 2 heterocycles. The molecule has 2 aliphatic heterocycles. The molecule has 2 atom stereocenters. The number of amides is 2. The summed E-state index contributed by atoms with van der Waals surface area (Å²) in [5.74, 6) is 0.517. The van der Waals surface area contributed by atoms with Gasteiger partial charge in [-0.05, 0) is 38.4 Å². The van der Waals surface area contributed by atoms with Gasteiger partial charge in [-0.25, -0.2) is 0 Å². The predicted molar refractivity (Wildman–Crippen MR) is 69.0 cm³/mol. The van der Waals surface area contributed by atoms with E-state index in [1.165, 1.54) is 17.7 Å². The maximum atomic E-state index is 12.0. The molecule has 18 heavy (non-hydrogen) atoms. The first kappa shape index (κ1) is 13.5. The monoisotopic (exact) mass is 253 g/mol. The third-order valence-corrected chi connectivity index (χ3v) is 4.10. The zero-order chi connectivity index (χ0) is 13.1. The summed E-state index contributed by atoms with van der Waals surface area (Å²) in [6.07, 6.45) is 2.77. The van der Waals surface area contributed by atoms with Crippen molar-refractivity contribution in [1.29, 1.82) is 0 Å². The van der Waals surface area contributed by atoms with Crippen LogP contribution < -0.4 is 5.32 Å². The minimum absolute atomic E-state index is 0.0365. The number of carbonyl (C=O) groups excluding carboxylic acids is 2. The number of likely N-dealkylation sites (tertiary alicyclic amines) is 1. The van der Waals surface area contributed by atoms with Gasteiger partial charge in [-0.15, -0.1) is 0 Å². The van der Waals surface area contributed by atoms with E-state index in [-0.39, 0.29) is 17.9 Å². The van der Waals surface area contributed by atoms with Crippen molar-refractivity contribution >= 4 is 11.8 Å². The van der Waals surface area contributed by atoms with E-state index in [0.29, 0.717) is 12.3 Å². The van der Waals surface area contributed by atoms with E-state index in [1.54, 1.807) is 7.05 Å². The molecule has 0 aromatic rings. The zero-order valence-electron chi connectivity index (χ0n) is 11.3. The highest BCUT2D eigenvalue weighted by atomic mass is 16.2. The van der Waals surface area contributed by atoms with Crippen LogP contribution in [0.15, 0.2) is 0 Å². The number of rotatable bonds is 4. The highest BCUT2D eigenvalue weighted by Crippen LogP contribution is 2.20. The average Bonchev–Trinajstić information content (AvgIpc) is 2.65. The number of piperidine rings is 1. The molecular weight excluding hydrogens is 230 g/mol. The number of imide groups is 1. The summed E-state index contributed by atoms with van der Waals surface area (Å²) in [6, 6.07) is -0.227. The Balaban J connectivity index is 1.96. The second-order valence-corrected chi connectivity index (χ2v) is 5.31. The molecule has 2 unspecified atom stereocenters. The van der Waals surface area contributed by atoms with Gasteiger partial charge in [0.05, 0.1) is 12.5 Å². The first-order valence-electron chi connectivity index (χ1n) is 6.88. The Bertz CT molecular complexity index is 326. The molecular formula is C13H23N3O2. The highest BCUT2D eigenvalue weighted by Gasteiger charge is 2.39. The summed E-state index contributed by atoms with van der Waals surface area (Å²) in [5.41, 5.74) is 0. The van der Waals surface area contributed by atoms with Gasteiger partial charge >= 0.3 is 0 Å². The average molecular weight is 253 g/mol. The fourth-order valence-electron chi connectivity index (χ4n) is 2.91. The lowest BCUT2D eigenvalue weighted by Gasteiger charge is -2.32. The summed E-state index contributed by atoms with van der Waals surface area (Å²) >= 11 is 0. The normalized spacial score (nSPS) is 29.4. The molecule has 1 N–H and O–H groups in total. The van der Waals surface area contributed by atoms with Crippen LogP contribution in [0.3, 0.4) is 0 Å². The van der Waals surface area contributed by atoms with Crippen molar-refractivity contribution in [2.24, 2.45) is 5.92 Å². The maximum Gasteiger partial charge on any atom is 0.246 e. The van der Waals surface area contributed by atoms with Crippen LogP contribution in [0.1, 0.15) is 26.2 Å². The Morgan fingerprint density at radius 1 is 1.44 bits per heavy atom. The molecule has 0 radical (unpaired) electrons. The fourth-order valence-corrected chi connectivity index (χ4v) is 2.91. The second-order valence-electron chi connectivity index (χ2n) is 5.31. The van der Waals surface area contributed by atoms with Crippen molar-refractivity contribution in [3.63, 3.8) is 0 Å². The highest BCUT2D eigenvalue weighted by molar-refractivity contribution is 6.05. The largest absolute Gasteiger partial charge is 0.316 e. The van der Waals surface area contributed by atoms with Crippen LogP contribution in [0, 0.1) is 5.92 Å². The number of nitrogens with one attached hydrogen (secondary N) is 1. The molecule has 2 fully saturated rings. The summed E-state index contributed by atoms with van der Waals surface area (Å²) in [7, 11) is 1.58. The summed E-state index contributed by atoms with van der Waals surface area (Å²) in [4.78, 5) is 27.0. The van der Waals surface area contributed by atoms with Crippen LogP contribution in [0.25, 0.3) is 0 Å². The molecule has 2 rings (SSSR count).